The van der Waals surface area contributed by atoms with E-state index in [0.717, 1.165) is 83.0 Å². The first kappa shape index (κ1) is 29.0. The van der Waals surface area contributed by atoms with Gasteiger partial charge in [-0.3, -0.25) is 0 Å². The molecule has 0 N–H and O–H groups in total. The van der Waals surface area contributed by atoms with E-state index in [1.807, 2.05) is 65.2 Å². The van der Waals surface area contributed by atoms with Crippen LogP contribution in [0.2, 0.25) is 0 Å². The lowest BCUT2D eigenvalue weighted by Gasteiger charge is -2.15. The third kappa shape index (κ3) is 5.19. The highest BCUT2D eigenvalue weighted by Gasteiger charge is 2.20. The Morgan fingerprint density at radius 2 is 0.875 bits per heavy atom. The van der Waals surface area contributed by atoms with E-state index in [4.69, 9.17) is 0 Å². The lowest BCUT2D eigenvalue weighted by Crippen LogP contribution is -1.96. The lowest BCUT2D eigenvalue weighted by atomic mass is 9.93. The van der Waals surface area contributed by atoms with E-state index in [9.17, 15) is 4.11 Å². The minimum Gasteiger partial charge on any atom is -0.309 e. The van der Waals surface area contributed by atoms with Crippen molar-refractivity contribution in [3.63, 3.8) is 0 Å². The minimum atomic E-state index is 0.0380. The van der Waals surface area contributed by atoms with Crippen LogP contribution in [-0.4, -0.2) is 9.13 Å². The molecule has 0 atom stereocenters. The summed E-state index contributed by atoms with van der Waals surface area (Å²) in [5, 5.41) is 3.66. The molecule has 0 saturated carbocycles. The van der Waals surface area contributed by atoms with Gasteiger partial charge in [0.05, 0.1) is 26.2 Å². The Labute approximate surface area is 330 Å². The Morgan fingerprint density at radius 1 is 0.304 bits per heavy atom. The molecule has 56 heavy (non-hydrogen) atoms. The van der Waals surface area contributed by atoms with E-state index in [1.54, 1.807) is 0 Å². The van der Waals surface area contributed by atoms with E-state index < -0.39 is 0 Å². The number of fused-ring (bicyclic) bond motifs is 6. The molecule has 0 spiro atoms. The van der Waals surface area contributed by atoms with Crippen molar-refractivity contribution in [1.29, 1.82) is 0 Å². The Balaban J connectivity index is 1.14. The number of rotatable bonds is 6. The quantitative estimate of drug-likeness (QED) is 0.162. The summed E-state index contributed by atoms with van der Waals surface area (Å²) in [5.74, 6) is 0. The fraction of sp³-hybridized carbons (Fsp3) is 0. The van der Waals surface area contributed by atoms with Crippen LogP contribution in [0.25, 0.3) is 99.5 Å². The van der Waals surface area contributed by atoms with Gasteiger partial charge in [-0.1, -0.05) is 164 Å². The third-order valence-corrected chi connectivity index (χ3v) is 11.1. The van der Waals surface area contributed by atoms with Crippen molar-refractivity contribution in [2.45, 2.75) is 0 Å². The molecule has 0 unspecified atom stereocenters. The standard InChI is InChI=1S/C54H36N2/c1-4-15-37(16-5-1)38-27-31-43(32-28-38)55-51-26-13-12-23-46(51)49-35-40(29-33-52(49)55)41-30-34-53-50(36-41)48-25-14-24-47(54(48)56(53)42-19-8-3-9-20-42)45-22-11-10-21-44(45)39-17-6-2-7-18-39/h1-36H/i29D,33D,35D. The van der Waals surface area contributed by atoms with Gasteiger partial charge < -0.3 is 9.13 Å². The summed E-state index contributed by atoms with van der Waals surface area (Å²) < 4.78 is 33.4. The highest BCUT2D eigenvalue weighted by atomic mass is 15.0. The van der Waals surface area contributed by atoms with E-state index in [2.05, 4.69) is 144 Å². The monoisotopic (exact) mass is 715 g/mol. The molecule has 0 aliphatic heterocycles. The SMILES string of the molecule is [2H]c1c(-c2ccc3c(c2)c2cccc(-c4ccccc4-c4ccccc4)c2n3-c2ccccc2)c([2H])c2c3ccccc3n(-c3ccc(-c4ccccc4)cc3)c2c1[2H]. The van der Waals surface area contributed by atoms with E-state index in [1.165, 1.54) is 0 Å². The van der Waals surface area contributed by atoms with Crippen molar-refractivity contribution in [3.8, 4) is 55.9 Å². The second kappa shape index (κ2) is 13.2. The summed E-state index contributed by atoms with van der Waals surface area (Å²) in [6.45, 7) is 0. The van der Waals surface area contributed by atoms with Crippen LogP contribution >= 0.6 is 0 Å². The maximum Gasteiger partial charge on any atom is 0.0645 e. The molecule has 0 aliphatic carbocycles. The second-order valence-corrected chi connectivity index (χ2v) is 14.3. The maximum atomic E-state index is 9.86. The Hall–Kier alpha value is -7.42. The van der Waals surface area contributed by atoms with E-state index in [-0.39, 0.29) is 18.1 Å². The molecule has 2 heterocycles. The molecule has 262 valence electrons. The largest absolute Gasteiger partial charge is 0.309 e. The average Bonchev–Trinajstić information content (AvgIpc) is 3.83. The van der Waals surface area contributed by atoms with Gasteiger partial charge in [0.2, 0.25) is 0 Å². The van der Waals surface area contributed by atoms with Crippen LogP contribution in [0.15, 0.2) is 218 Å². The average molecular weight is 716 g/mol. The summed E-state index contributed by atoms with van der Waals surface area (Å²) in [6, 6.07) is 69.4. The van der Waals surface area contributed by atoms with Gasteiger partial charge in [-0.25, -0.2) is 0 Å². The zero-order valence-electron chi connectivity index (χ0n) is 33.4. The number of benzene rings is 9. The first-order valence-electron chi connectivity index (χ1n) is 20.5. The van der Waals surface area contributed by atoms with Gasteiger partial charge in [-0.15, -0.1) is 0 Å². The predicted octanol–water partition coefficient (Wildman–Crippen LogP) is 14.5. The number of hydrogen-bond donors (Lipinski definition) is 0. The van der Waals surface area contributed by atoms with Gasteiger partial charge in [0.25, 0.3) is 0 Å². The molecular weight excluding hydrogens is 677 g/mol. The molecule has 2 aromatic heterocycles. The van der Waals surface area contributed by atoms with Crippen molar-refractivity contribution in [1.82, 2.24) is 9.13 Å². The smallest absolute Gasteiger partial charge is 0.0645 e. The van der Waals surface area contributed by atoms with Crippen molar-refractivity contribution >= 4 is 43.6 Å². The van der Waals surface area contributed by atoms with Crippen LogP contribution in [0, 0.1) is 0 Å². The van der Waals surface area contributed by atoms with Gasteiger partial charge in [-0.05, 0) is 93.5 Å². The van der Waals surface area contributed by atoms with Crippen LogP contribution < -0.4 is 0 Å². The van der Waals surface area contributed by atoms with Crippen molar-refractivity contribution < 1.29 is 4.11 Å². The molecule has 2 nitrogen and oxygen atoms in total. The minimum absolute atomic E-state index is 0.0380. The Kier molecular flexibility index (Phi) is 6.81. The second-order valence-electron chi connectivity index (χ2n) is 14.3. The summed E-state index contributed by atoms with van der Waals surface area (Å²) in [6.07, 6.45) is 0. The number of para-hydroxylation sites is 3. The third-order valence-electron chi connectivity index (χ3n) is 11.1. The molecule has 0 amide bonds. The Bertz CT molecular complexity index is 3390. The van der Waals surface area contributed by atoms with Gasteiger partial charge in [-0.2, -0.15) is 0 Å². The highest BCUT2D eigenvalue weighted by molar-refractivity contribution is 6.16. The topological polar surface area (TPSA) is 9.86 Å². The normalized spacial score (nSPS) is 12.3. The number of nitrogens with zero attached hydrogens (tertiary/aromatic N) is 2. The molecule has 0 bridgehead atoms. The van der Waals surface area contributed by atoms with Crippen molar-refractivity contribution in [2.75, 3.05) is 0 Å². The van der Waals surface area contributed by atoms with Crippen LogP contribution in [0.3, 0.4) is 0 Å². The molecule has 9 aromatic carbocycles. The van der Waals surface area contributed by atoms with Crippen LogP contribution in [-0.2, 0) is 0 Å². The van der Waals surface area contributed by atoms with E-state index >= 15 is 0 Å². The zero-order valence-corrected chi connectivity index (χ0v) is 30.4. The molecule has 2 heteroatoms. The number of hydrogen-bond acceptors (Lipinski definition) is 0. The highest BCUT2D eigenvalue weighted by Crippen LogP contribution is 2.43. The fourth-order valence-electron chi connectivity index (χ4n) is 8.48. The summed E-state index contributed by atoms with van der Waals surface area (Å²) in [4.78, 5) is 0. The molecule has 11 rings (SSSR count). The molecule has 0 aliphatic rings. The summed E-state index contributed by atoms with van der Waals surface area (Å²) in [5.41, 5.74) is 13.5. The zero-order chi connectivity index (χ0) is 39.6. The fourth-order valence-corrected chi connectivity index (χ4v) is 8.48. The van der Waals surface area contributed by atoms with Crippen LogP contribution in [0.4, 0.5) is 0 Å². The molecule has 0 fully saturated rings. The van der Waals surface area contributed by atoms with Crippen molar-refractivity contribution in [3.05, 3.63) is 218 Å². The van der Waals surface area contributed by atoms with Crippen molar-refractivity contribution in [2.24, 2.45) is 0 Å². The van der Waals surface area contributed by atoms with E-state index in [0.29, 0.717) is 16.5 Å². The van der Waals surface area contributed by atoms with Crippen LogP contribution in [0.1, 0.15) is 4.11 Å². The first-order valence-corrected chi connectivity index (χ1v) is 19.0. The molecular formula is C54H36N2. The summed E-state index contributed by atoms with van der Waals surface area (Å²) >= 11 is 0. The molecule has 11 aromatic rings. The van der Waals surface area contributed by atoms with Gasteiger partial charge in [0.15, 0.2) is 0 Å². The predicted molar refractivity (Wildman–Crippen MR) is 237 cm³/mol. The lowest BCUT2D eigenvalue weighted by molar-refractivity contribution is 1.18. The Morgan fingerprint density at radius 3 is 1.66 bits per heavy atom. The van der Waals surface area contributed by atoms with Gasteiger partial charge in [0.1, 0.15) is 0 Å². The number of aromatic nitrogens is 2. The summed E-state index contributed by atoms with van der Waals surface area (Å²) in [7, 11) is 0. The first-order chi connectivity index (χ1) is 29.1. The maximum absolute atomic E-state index is 9.86. The van der Waals surface area contributed by atoms with Gasteiger partial charge in [0, 0.05) is 38.5 Å². The molecule has 0 radical (unpaired) electrons. The van der Waals surface area contributed by atoms with Gasteiger partial charge >= 0.3 is 0 Å². The molecule has 0 saturated heterocycles. The van der Waals surface area contributed by atoms with Crippen LogP contribution in [0.5, 0.6) is 0 Å².